The van der Waals surface area contributed by atoms with Gasteiger partial charge in [0.05, 0.1) is 18.0 Å². The standard InChI is InChI=1S/C28H24Cl2N2O2/c1-18-15-21(17-19-4-8-22(29)9-5-19)27-25(16-18)28(20-6-10-23(30)11-7-20)32(31-27)26(33)13-12-24-3-2-14-34-24/h2-14,17-18,25,28H,15-16H2,1H3/b13-12+,21-17+/t18-,25-,28+/m1/s1. The molecule has 3 aromatic rings. The Hall–Kier alpha value is -3.08. The van der Waals surface area contributed by atoms with Gasteiger partial charge in [-0.05, 0) is 84.0 Å². The van der Waals surface area contributed by atoms with E-state index in [1.165, 1.54) is 6.08 Å². The molecule has 1 aliphatic carbocycles. The number of hydrogen-bond donors (Lipinski definition) is 0. The number of fused-ring (bicyclic) bond motifs is 1. The molecule has 2 aliphatic rings. The van der Waals surface area contributed by atoms with Crippen molar-refractivity contribution in [2.24, 2.45) is 16.9 Å². The number of benzene rings is 2. The zero-order chi connectivity index (χ0) is 23.7. The van der Waals surface area contributed by atoms with Gasteiger partial charge in [-0.25, -0.2) is 5.01 Å². The number of carbonyl (C=O) groups is 1. The summed E-state index contributed by atoms with van der Waals surface area (Å²) < 4.78 is 5.35. The van der Waals surface area contributed by atoms with Gasteiger partial charge in [-0.3, -0.25) is 4.79 Å². The van der Waals surface area contributed by atoms with Gasteiger partial charge in [-0.15, -0.1) is 0 Å². The zero-order valence-corrected chi connectivity index (χ0v) is 20.2. The molecule has 1 aliphatic heterocycles. The summed E-state index contributed by atoms with van der Waals surface area (Å²) in [4.78, 5) is 13.3. The first-order valence-corrected chi connectivity index (χ1v) is 12.1. The van der Waals surface area contributed by atoms with Crippen molar-refractivity contribution in [1.29, 1.82) is 0 Å². The first-order chi connectivity index (χ1) is 16.5. The average molecular weight is 491 g/mol. The van der Waals surface area contributed by atoms with Crippen LogP contribution >= 0.6 is 23.2 Å². The van der Waals surface area contributed by atoms with Crippen LogP contribution in [0.25, 0.3) is 12.2 Å². The second kappa shape index (κ2) is 9.65. The van der Waals surface area contributed by atoms with E-state index in [2.05, 4.69) is 13.0 Å². The Morgan fingerprint density at radius 2 is 1.76 bits per heavy atom. The van der Waals surface area contributed by atoms with Gasteiger partial charge >= 0.3 is 0 Å². The molecule has 1 amide bonds. The van der Waals surface area contributed by atoms with Gasteiger partial charge in [0.2, 0.25) is 0 Å². The Kier molecular flexibility index (Phi) is 6.44. The predicted octanol–water partition coefficient (Wildman–Crippen LogP) is 7.67. The van der Waals surface area contributed by atoms with Crippen molar-refractivity contribution >= 4 is 47.0 Å². The highest BCUT2D eigenvalue weighted by atomic mass is 35.5. The van der Waals surface area contributed by atoms with Crippen LogP contribution in [0, 0.1) is 11.8 Å². The molecule has 1 aromatic heterocycles. The molecule has 2 aromatic carbocycles. The second-order valence-corrected chi connectivity index (χ2v) is 9.76. The third-order valence-electron chi connectivity index (χ3n) is 6.35. The van der Waals surface area contributed by atoms with E-state index in [1.54, 1.807) is 23.4 Å². The van der Waals surface area contributed by atoms with Crippen molar-refractivity contribution < 1.29 is 9.21 Å². The molecular formula is C28H24Cl2N2O2. The van der Waals surface area contributed by atoms with Crippen molar-refractivity contribution in [3.8, 4) is 0 Å². The van der Waals surface area contributed by atoms with E-state index in [4.69, 9.17) is 32.7 Å². The minimum Gasteiger partial charge on any atom is -0.465 e. The van der Waals surface area contributed by atoms with Crippen LogP contribution in [-0.4, -0.2) is 16.6 Å². The summed E-state index contributed by atoms with van der Waals surface area (Å²) in [6, 6.07) is 18.9. The molecule has 0 radical (unpaired) electrons. The summed E-state index contributed by atoms with van der Waals surface area (Å²) in [5.41, 5.74) is 4.23. The molecule has 0 saturated heterocycles. The van der Waals surface area contributed by atoms with Crippen LogP contribution in [0.2, 0.25) is 10.0 Å². The number of amides is 1. The van der Waals surface area contributed by atoms with Crippen LogP contribution in [0.5, 0.6) is 0 Å². The van der Waals surface area contributed by atoms with E-state index >= 15 is 0 Å². The Bertz CT molecular complexity index is 1260. The molecule has 0 unspecified atom stereocenters. The summed E-state index contributed by atoms with van der Waals surface area (Å²) in [5, 5.41) is 7.90. The first-order valence-electron chi connectivity index (χ1n) is 11.3. The highest BCUT2D eigenvalue weighted by Gasteiger charge is 2.44. The minimum atomic E-state index is -0.197. The molecule has 34 heavy (non-hydrogen) atoms. The van der Waals surface area contributed by atoms with E-state index in [9.17, 15) is 4.79 Å². The molecule has 6 heteroatoms. The van der Waals surface area contributed by atoms with Crippen LogP contribution in [0.1, 0.15) is 42.7 Å². The van der Waals surface area contributed by atoms with Gasteiger partial charge < -0.3 is 4.42 Å². The first kappa shape index (κ1) is 22.7. The van der Waals surface area contributed by atoms with Gasteiger partial charge in [0, 0.05) is 22.0 Å². The zero-order valence-electron chi connectivity index (χ0n) is 18.7. The Morgan fingerprint density at radius 3 is 2.44 bits per heavy atom. The number of nitrogens with zero attached hydrogens (tertiary/aromatic N) is 2. The fourth-order valence-electron chi connectivity index (χ4n) is 4.84. The van der Waals surface area contributed by atoms with Crippen molar-refractivity contribution in [3.05, 3.63) is 106 Å². The lowest BCUT2D eigenvalue weighted by Crippen LogP contribution is -2.32. The number of allylic oxidation sites excluding steroid dienone is 1. The van der Waals surface area contributed by atoms with Crippen LogP contribution in [0.3, 0.4) is 0 Å². The number of carbonyl (C=O) groups excluding carboxylic acids is 1. The topological polar surface area (TPSA) is 45.8 Å². The molecule has 3 atom stereocenters. The van der Waals surface area contributed by atoms with E-state index in [1.807, 2.05) is 54.6 Å². The van der Waals surface area contributed by atoms with Gasteiger partial charge in [0.1, 0.15) is 5.76 Å². The van der Waals surface area contributed by atoms with E-state index in [0.717, 1.165) is 35.3 Å². The quantitative estimate of drug-likeness (QED) is 0.352. The highest BCUT2D eigenvalue weighted by molar-refractivity contribution is 6.30. The lowest BCUT2D eigenvalue weighted by Gasteiger charge is -2.32. The number of hydrazone groups is 1. The van der Waals surface area contributed by atoms with Crippen molar-refractivity contribution in [3.63, 3.8) is 0 Å². The Balaban J connectivity index is 1.54. The maximum Gasteiger partial charge on any atom is 0.267 e. The summed E-state index contributed by atoms with van der Waals surface area (Å²) in [7, 11) is 0. The van der Waals surface area contributed by atoms with Crippen molar-refractivity contribution in [1.82, 2.24) is 5.01 Å². The van der Waals surface area contributed by atoms with Crippen LogP contribution in [0.4, 0.5) is 0 Å². The molecule has 5 rings (SSSR count). The van der Waals surface area contributed by atoms with Gasteiger partial charge in [0.15, 0.2) is 0 Å². The number of furan rings is 1. The monoisotopic (exact) mass is 490 g/mol. The van der Waals surface area contributed by atoms with Gasteiger partial charge in [-0.1, -0.05) is 54.4 Å². The predicted molar refractivity (Wildman–Crippen MR) is 138 cm³/mol. The highest BCUT2D eigenvalue weighted by Crippen LogP contribution is 2.46. The lowest BCUT2D eigenvalue weighted by molar-refractivity contribution is -0.128. The number of hydrogen-bond acceptors (Lipinski definition) is 3. The van der Waals surface area contributed by atoms with E-state index in [0.29, 0.717) is 21.7 Å². The summed E-state index contributed by atoms with van der Waals surface area (Å²) in [6.07, 6.45) is 8.82. The fourth-order valence-corrected chi connectivity index (χ4v) is 5.09. The largest absolute Gasteiger partial charge is 0.465 e. The third-order valence-corrected chi connectivity index (χ3v) is 6.85. The average Bonchev–Trinajstić information content (AvgIpc) is 3.48. The van der Waals surface area contributed by atoms with E-state index < -0.39 is 0 Å². The second-order valence-electron chi connectivity index (χ2n) is 8.89. The van der Waals surface area contributed by atoms with Gasteiger partial charge in [-0.2, -0.15) is 5.10 Å². The van der Waals surface area contributed by atoms with Gasteiger partial charge in [0.25, 0.3) is 5.91 Å². The smallest absolute Gasteiger partial charge is 0.267 e. The van der Waals surface area contributed by atoms with Crippen LogP contribution in [0.15, 0.2) is 88.1 Å². The van der Waals surface area contributed by atoms with Crippen molar-refractivity contribution in [2.75, 3.05) is 0 Å². The molecule has 4 nitrogen and oxygen atoms in total. The normalized spacial score (nSPS) is 23.4. The maximum absolute atomic E-state index is 13.3. The molecule has 2 heterocycles. The summed E-state index contributed by atoms with van der Waals surface area (Å²) in [5.74, 6) is 1.00. The SMILES string of the molecule is C[C@@H]1C/C(=C\c2ccc(Cl)cc2)C2=NN(C(=O)/C=C/c3ccco3)[C@@H](c3ccc(Cl)cc3)[C@@H]2C1. The molecule has 172 valence electrons. The molecule has 1 saturated carbocycles. The summed E-state index contributed by atoms with van der Waals surface area (Å²) in [6.45, 7) is 2.26. The summed E-state index contributed by atoms with van der Waals surface area (Å²) >= 11 is 12.2. The maximum atomic E-state index is 13.3. The third kappa shape index (κ3) is 4.75. The minimum absolute atomic E-state index is 0.101. The lowest BCUT2D eigenvalue weighted by atomic mass is 9.73. The van der Waals surface area contributed by atoms with Crippen LogP contribution < -0.4 is 0 Å². The van der Waals surface area contributed by atoms with E-state index in [-0.39, 0.29) is 17.9 Å². The number of halogens is 2. The fraction of sp³-hybridized carbons (Fsp3) is 0.214. The Morgan fingerprint density at radius 1 is 1.06 bits per heavy atom. The molecule has 0 N–H and O–H groups in total. The molecular weight excluding hydrogens is 467 g/mol. The Labute approximate surface area is 209 Å². The molecule has 0 bridgehead atoms. The van der Waals surface area contributed by atoms with Crippen molar-refractivity contribution in [2.45, 2.75) is 25.8 Å². The number of rotatable bonds is 4. The molecule has 1 fully saturated rings. The van der Waals surface area contributed by atoms with Crippen LogP contribution in [-0.2, 0) is 4.79 Å². The molecule has 0 spiro atoms.